The molecule has 0 saturated carbocycles. The molecule has 116 valence electrons. The molecule has 2 amide bonds. The molecule has 1 heterocycles. The van der Waals surface area contributed by atoms with Crippen molar-refractivity contribution in [2.45, 2.75) is 53.1 Å². The quantitative estimate of drug-likeness (QED) is 0.719. The fraction of sp³-hybridized carbons (Fsp3) is 0.867. The molecule has 5 nitrogen and oxygen atoms in total. The molecule has 0 aromatic rings. The minimum Gasteiger partial charge on any atom is -0.379 e. The van der Waals surface area contributed by atoms with Crippen molar-refractivity contribution < 1.29 is 14.3 Å². The lowest BCUT2D eigenvalue weighted by Crippen LogP contribution is -2.65. The number of nitrogens with one attached hydrogen (secondary N) is 1. The third-order valence-corrected chi connectivity index (χ3v) is 3.51. The van der Waals surface area contributed by atoms with E-state index >= 15 is 0 Å². The zero-order chi connectivity index (χ0) is 15.3. The molecule has 1 saturated heterocycles. The second-order valence-corrected chi connectivity index (χ2v) is 6.15. The summed E-state index contributed by atoms with van der Waals surface area (Å²) < 4.78 is 5.54. The van der Waals surface area contributed by atoms with Crippen molar-refractivity contribution in [3.05, 3.63) is 0 Å². The van der Waals surface area contributed by atoms with Gasteiger partial charge < -0.3 is 15.0 Å². The molecule has 1 aliphatic heterocycles. The van der Waals surface area contributed by atoms with Gasteiger partial charge in [-0.2, -0.15) is 0 Å². The van der Waals surface area contributed by atoms with Crippen molar-refractivity contribution in [1.29, 1.82) is 0 Å². The maximum Gasteiger partial charge on any atom is 0.246 e. The summed E-state index contributed by atoms with van der Waals surface area (Å²) in [5.41, 5.74) is 0. The highest BCUT2D eigenvalue weighted by Crippen LogP contribution is 2.17. The van der Waals surface area contributed by atoms with Crippen molar-refractivity contribution >= 4 is 11.8 Å². The predicted molar refractivity (Wildman–Crippen MR) is 78.2 cm³/mol. The minimum atomic E-state index is -0.407. The Bertz CT molecular complexity index is 342. The first-order valence-electron chi connectivity index (χ1n) is 7.57. The van der Waals surface area contributed by atoms with Gasteiger partial charge in [0.2, 0.25) is 11.8 Å². The third-order valence-electron chi connectivity index (χ3n) is 3.51. The van der Waals surface area contributed by atoms with Crippen LogP contribution in [0.5, 0.6) is 0 Å². The van der Waals surface area contributed by atoms with Gasteiger partial charge in [0, 0.05) is 13.2 Å². The first kappa shape index (κ1) is 17.0. The summed E-state index contributed by atoms with van der Waals surface area (Å²) in [6.45, 7) is 11.6. The summed E-state index contributed by atoms with van der Waals surface area (Å²) in [7, 11) is 0. The first-order valence-corrected chi connectivity index (χ1v) is 7.57. The number of nitrogens with zero attached hydrogens (tertiary/aromatic N) is 1. The van der Waals surface area contributed by atoms with Crippen LogP contribution in [0.1, 0.15) is 41.0 Å². The standard InChI is InChI=1S/C15H28N2O3/c1-6-12-14(18)16-13(11(4)5)15(19)17(12)7-8-20-9-10(2)3/h10-13H,6-9H2,1-5H3,(H,16,18). The van der Waals surface area contributed by atoms with Crippen LogP contribution in [0.15, 0.2) is 0 Å². The van der Waals surface area contributed by atoms with E-state index in [1.54, 1.807) is 4.90 Å². The molecule has 2 unspecified atom stereocenters. The Balaban J connectivity index is 2.66. The monoisotopic (exact) mass is 284 g/mol. The zero-order valence-corrected chi connectivity index (χ0v) is 13.3. The Morgan fingerprint density at radius 2 is 1.90 bits per heavy atom. The molecule has 2 atom stereocenters. The van der Waals surface area contributed by atoms with E-state index in [2.05, 4.69) is 19.2 Å². The van der Waals surface area contributed by atoms with E-state index in [0.717, 1.165) is 0 Å². The van der Waals surface area contributed by atoms with Crippen LogP contribution in [0, 0.1) is 11.8 Å². The summed E-state index contributed by atoms with van der Waals surface area (Å²) in [4.78, 5) is 26.2. The maximum absolute atomic E-state index is 12.5. The Labute approximate surface area is 122 Å². The molecule has 0 spiro atoms. The first-order chi connectivity index (χ1) is 9.38. The molecule has 1 fully saturated rings. The lowest BCUT2D eigenvalue weighted by molar-refractivity contribution is -0.151. The summed E-state index contributed by atoms with van der Waals surface area (Å²) in [6, 6.07) is -0.768. The highest BCUT2D eigenvalue weighted by molar-refractivity contribution is 5.97. The van der Waals surface area contributed by atoms with Crippen LogP contribution in [0.3, 0.4) is 0 Å². The Hall–Kier alpha value is -1.10. The predicted octanol–water partition coefficient (Wildman–Crippen LogP) is 1.42. The Morgan fingerprint density at radius 3 is 2.40 bits per heavy atom. The highest BCUT2D eigenvalue weighted by Gasteiger charge is 2.40. The summed E-state index contributed by atoms with van der Waals surface area (Å²) in [5.74, 6) is 0.540. The number of rotatable bonds is 7. The lowest BCUT2D eigenvalue weighted by atomic mass is 9.97. The van der Waals surface area contributed by atoms with Gasteiger partial charge in [-0.05, 0) is 18.3 Å². The minimum absolute atomic E-state index is 0.0135. The lowest BCUT2D eigenvalue weighted by Gasteiger charge is -2.40. The maximum atomic E-state index is 12.5. The molecular weight excluding hydrogens is 256 g/mol. The van der Waals surface area contributed by atoms with Crippen LogP contribution in [-0.2, 0) is 14.3 Å². The number of carbonyl (C=O) groups excluding carboxylic acids is 2. The SMILES string of the molecule is CCC1C(=O)NC(C(C)C)C(=O)N1CCOCC(C)C. The van der Waals surface area contributed by atoms with E-state index in [1.165, 1.54) is 0 Å². The number of hydrogen-bond donors (Lipinski definition) is 1. The van der Waals surface area contributed by atoms with Gasteiger partial charge in [-0.1, -0.05) is 34.6 Å². The van der Waals surface area contributed by atoms with Crippen molar-refractivity contribution in [3.63, 3.8) is 0 Å². The van der Waals surface area contributed by atoms with Gasteiger partial charge in [0.25, 0.3) is 0 Å². The number of carbonyl (C=O) groups is 2. The molecular formula is C15H28N2O3. The molecule has 0 aromatic heterocycles. The number of piperazine rings is 1. The molecule has 0 aromatic carbocycles. The molecule has 1 aliphatic rings. The summed E-state index contributed by atoms with van der Waals surface area (Å²) in [5, 5.41) is 2.83. The van der Waals surface area contributed by atoms with Gasteiger partial charge in [-0.15, -0.1) is 0 Å². The highest BCUT2D eigenvalue weighted by atomic mass is 16.5. The van der Waals surface area contributed by atoms with Crippen molar-refractivity contribution in [3.8, 4) is 0 Å². The van der Waals surface area contributed by atoms with E-state index in [-0.39, 0.29) is 23.8 Å². The van der Waals surface area contributed by atoms with Crippen LogP contribution in [0.2, 0.25) is 0 Å². The summed E-state index contributed by atoms with van der Waals surface area (Å²) >= 11 is 0. The Morgan fingerprint density at radius 1 is 1.25 bits per heavy atom. The number of hydrogen-bond acceptors (Lipinski definition) is 3. The normalized spacial score (nSPS) is 23.6. The Kier molecular flexibility index (Phi) is 6.46. The topological polar surface area (TPSA) is 58.6 Å². The summed E-state index contributed by atoms with van der Waals surface area (Å²) in [6.07, 6.45) is 0.632. The fourth-order valence-corrected chi connectivity index (χ4v) is 2.39. The van der Waals surface area contributed by atoms with Gasteiger partial charge in [-0.3, -0.25) is 9.59 Å². The number of ether oxygens (including phenoxy) is 1. The largest absolute Gasteiger partial charge is 0.379 e. The molecule has 0 radical (unpaired) electrons. The van der Waals surface area contributed by atoms with Crippen LogP contribution in [0.25, 0.3) is 0 Å². The molecule has 20 heavy (non-hydrogen) atoms. The molecule has 0 aliphatic carbocycles. The van der Waals surface area contributed by atoms with Gasteiger partial charge in [0.05, 0.1) is 6.61 Å². The van der Waals surface area contributed by atoms with Crippen LogP contribution < -0.4 is 5.32 Å². The van der Waals surface area contributed by atoms with Gasteiger partial charge in [-0.25, -0.2) is 0 Å². The second-order valence-electron chi connectivity index (χ2n) is 6.15. The molecule has 0 bridgehead atoms. The van der Waals surface area contributed by atoms with Crippen LogP contribution in [-0.4, -0.2) is 48.6 Å². The van der Waals surface area contributed by atoms with E-state index in [4.69, 9.17) is 4.74 Å². The van der Waals surface area contributed by atoms with Gasteiger partial charge in [0.15, 0.2) is 0 Å². The average Bonchev–Trinajstić information content (AvgIpc) is 2.37. The zero-order valence-electron chi connectivity index (χ0n) is 13.3. The smallest absolute Gasteiger partial charge is 0.246 e. The van der Waals surface area contributed by atoms with Gasteiger partial charge in [0.1, 0.15) is 12.1 Å². The molecule has 1 N–H and O–H groups in total. The van der Waals surface area contributed by atoms with E-state index in [1.807, 2.05) is 20.8 Å². The fourth-order valence-electron chi connectivity index (χ4n) is 2.39. The van der Waals surface area contributed by atoms with Crippen LogP contribution in [0.4, 0.5) is 0 Å². The second kappa shape index (κ2) is 7.62. The van der Waals surface area contributed by atoms with Crippen molar-refractivity contribution in [1.82, 2.24) is 10.2 Å². The van der Waals surface area contributed by atoms with Crippen molar-refractivity contribution in [2.75, 3.05) is 19.8 Å². The van der Waals surface area contributed by atoms with E-state index < -0.39 is 6.04 Å². The third kappa shape index (κ3) is 4.20. The average molecular weight is 284 g/mol. The van der Waals surface area contributed by atoms with Crippen LogP contribution >= 0.6 is 0 Å². The number of amides is 2. The van der Waals surface area contributed by atoms with E-state index in [9.17, 15) is 9.59 Å². The van der Waals surface area contributed by atoms with E-state index in [0.29, 0.717) is 32.1 Å². The van der Waals surface area contributed by atoms with Gasteiger partial charge >= 0.3 is 0 Å². The molecule has 1 rings (SSSR count). The molecule has 5 heteroatoms. The van der Waals surface area contributed by atoms with Crippen molar-refractivity contribution in [2.24, 2.45) is 11.8 Å².